The first-order chi connectivity index (χ1) is 12.7. The molecular formula is C20H17N5O. The van der Waals surface area contributed by atoms with Crippen molar-refractivity contribution in [1.29, 1.82) is 5.26 Å². The Balaban J connectivity index is 1.67. The van der Waals surface area contributed by atoms with Crippen LogP contribution in [0.25, 0.3) is 0 Å². The van der Waals surface area contributed by atoms with Gasteiger partial charge in [-0.25, -0.2) is 9.97 Å². The van der Waals surface area contributed by atoms with Crippen molar-refractivity contribution in [1.82, 2.24) is 9.97 Å². The summed E-state index contributed by atoms with van der Waals surface area (Å²) in [4.78, 5) is 20.5. The summed E-state index contributed by atoms with van der Waals surface area (Å²) in [5.74, 6) is 0.240. The molecule has 2 N–H and O–H groups in total. The zero-order valence-electron chi connectivity index (χ0n) is 14.2. The summed E-state index contributed by atoms with van der Waals surface area (Å²) in [6.07, 6.45) is 1.36. The van der Waals surface area contributed by atoms with E-state index in [1.807, 2.05) is 37.3 Å². The molecule has 0 bridgehead atoms. The third-order valence-corrected chi connectivity index (χ3v) is 3.89. The van der Waals surface area contributed by atoms with Gasteiger partial charge in [0.05, 0.1) is 11.6 Å². The summed E-state index contributed by atoms with van der Waals surface area (Å²) in [6, 6.07) is 18.4. The molecule has 0 atom stereocenters. The van der Waals surface area contributed by atoms with Crippen LogP contribution in [0.5, 0.6) is 0 Å². The fourth-order valence-electron chi connectivity index (χ4n) is 2.40. The van der Waals surface area contributed by atoms with Gasteiger partial charge in [-0.05, 0) is 42.3 Å². The van der Waals surface area contributed by atoms with Crippen molar-refractivity contribution in [3.05, 3.63) is 83.3 Å². The first kappa shape index (κ1) is 17.1. The molecule has 0 aliphatic heterocycles. The Kier molecular flexibility index (Phi) is 5.20. The van der Waals surface area contributed by atoms with E-state index in [-0.39, 0.29) is 11.6 Å². The van der Waals surface area contributed by atoms with Gasteiger partial charge in [-0.2, -0.15) is 5.26 Å². The summed E-state index contributed by atoms with van der Waals surface area (Å²) in [6.45, 7) is 2.66. The number of carbonyl (C=O) groups is 1. The van der Waals surface area contributed by atoms with Crippen LogP contribution in [0.1, 0.15) is 27.2 Å². The number of hydrogen-bond donors (Lipinski definition) is 2. The molecule has 0 saturated heterocycles. The highest BCUT2D eigenvalue weighted by molar-refractivity contribution is 6.03. The fourth-order valence-corrected chi connectivity index (χ4v) is 2.40. The van der Waals surface area contributed by atoms with Crippen molar-refractivity contribution >= 4 is 17.4 Å². The first-order valence-electron chi connectivity index (χ1n) is 8.07. The molecule has 1 amide bonds. The molecular weight excluding hydrogens is 326 g/mol. The van der Waals surface area contributed by atoms with Crippen LogP contribution in [0.15, 0.2) is 60.9 Å². The number of amides is 1. The Bertz CT molecular complexity index is 960. The highest BCUT2D eigenvalue weighted by atomic mass is 16.1. The fraction of sp³-hybridized carbons (Fsp3) is 0.100. The maximum Gasteiger partial charge on any atom is 0.274 e. The van der Waals surface area contributed by atoms with Crippen molar-refractivity contribution in [2.45, 2.75) is 13.5 Å². The molecule has 6 heteroatoms. The van der Waals surface area contributed by atoms with E-state index < -0.39 is 0 Å². The number of nitrogens with one attached hydrogen (secondary N) is 2. The molecule has 3 rings (SSSR count). The largest absolute Gasteiger partial charge is 0.366 e. The van der Waals surface area contributed by atoms with Gasteiger partial charge in [-0.3, -0.25) is 4.79 Å². The van der Waals surface area contributed by atoms with E-state index in [0.717, 1.165) is 5.56 Å². The Labute approximate surface area is 151 Å². The molecule has 26 heavy (non-hydrogen) atoms. The average Bonchev–Trinajstić information content (AvgIpc) is 2.68. The molecule has 0 fully saturated rings. The smallest absolute Gasteiger partial charge is 0.274 e. The van der Waals surface area contributed by atoms with E-state index in [1.54, 1.807) is 30.3 Å². The molecule has 0 radical (unpaired) electrons. The number of anilines is 2. The maximum atomic E-state index is 12.4. The SMILES string of the molecule is Cc1ccccc1CNc1cc(C(=O)Nc2ccc(C#N)cc2)ncn1. The zero-order valence-corrected chi connectivity index (χ0v) is 14.2. The van der Waals surface area contributed by atoms with E-state index >= 15 is 0 Å². The normalized spacial score (nSPS) is 10.0. The van der Waals surface area contributed by atoms with E-state index in [0.29, 0.717) is 23.6 Å². The Morgan fingerprint density at radius 1 is 1.12 bits per heavy atom. The average molecular weight is 343 g/mol. The first-order valence-corrected chi connectivity index (χ1v) is 8.07. The van der Waals surface area contributed by atoms with Crippen molar-refractivity contribution in [2.24, 2.45) is 0 Å². The quantitative estimate of drug-likeness (QED) is 0.739. The second kappa shape index (κ2) is 7.90. The minimum atomic E-state index is -0.337. The second-order valence-corrected chi connectivity index (χ2v) is 5.71. The lowest BCUT2D eigenvalue weighted by Crippen LogP contribution is -2.14. The minimum absolute atomic E-state index is 0.261. The van der Waals surface area contributed by atoms with Crippen LogP contribution in [0.4, 0.5) is 11.5 Å². The predicted molar refractivity (Wildman–Crippen MR) is 99.6 cm³/mol. The third kappa shape index (κ3) is 4.22. The number of nitriles is 1. The van der Waals surface area contributed by atoms with Crippen molar-refractivity contribution in [3.8, 4) is 6.07 Å². The Morgan fingerprint density at radius 2 is 1.88 bits per heavy atom. The van der Waals surface area contributed by atoms with E-state index in [4.69, 9.17) is 5.26 Å². The van der Waals surface area contributed by atoms with Crippen LogP contribution in [-0.4, -0.2) is 15.9 Å². The minimum Gasteiger partial charge on any atom is -0.366 e. The van der Waals surface area contributed by atoms with Gasteiger partial charge < -0.3 is 10.6 Å². The molecule has 3 aromatic rings. The van der Waals surface area contributed by atoms with Crippen LogP contribution in [-0.2, 0) is 6.54 Å². The van der Waals surface area contributed by atoms with Crippen LogP contribution >= 0.6 is 0 Å². The van der Waals surface area contributed by atoms with Crippen LogP contribution in [0.2, 0.25) is 0 Å². The zero-order chi connectivity index (χ0) is 18.4. The van der Waals surface area contributed by atoms with Gasteiger partial charge in [0, 0.05) is 18.3 Å². The van der Waals surface area contributed by atoms with Crippen molar-refractivity contribution in [3.63, 3.8) is 0 Å². The van der Waals surface area contributed by atoms with Crippen LogP contribution in [0.3, 0.4) is 0 Å². The summed E-state index contributed by atoms with van der Waals surface area (Å²) in [5.41, 5.74) is 3.74. The third-order valence-electron chi connectivity index (χ3n) is 3.89. The molecule has 0 unspecified atom stereocenters. The highest BCUT2D eigenvalue weighted by Gasteiger charge is 2.09. The van der Waals surface area contributed by atoms with E-state index in [2.05, 4.69) is 20.6 Å². The van der Waals surface area contributed by atoms with Crippen molar-refractivity contribution in [2.75, 3.05) is 10.6 Å². The van der Waals surface area contributed by atoms with Crippen molar-refractivity contribution < 1.29 is 4.79 Å². The number of aromatic nitrogens is 2. The number of nitrogens with zero attached hydrogens (tertiary/aromatic N) is 3. The Morgan fingerprint density at radius 3 is 2.62 bits per heavy atom. The number of rotatable bonds is 5. The summed E-state index contributed by atoms with van der Waals surface area (Å²) in [5, 5.41) is 14.8. The standard InChI is InChI=1S/C20H17N5O/c1-14-4-2-3-5-16(14)12-22-19-10-18(23-13-24-19)20(26)25-17-8-6-15(11-21)7-9-17/h2-10,13H,12H2,1H3,(H,25,26)(H,22,23,24). The molecule has 2 aromatic carbocycles. The summed E-state index contributed by atoms with van der Waals surface area (Å²) < 4.78 is 0. The number of aryl methyl sites for hydroxylation is 1. The number of benzene rings is 2. The molecule has 6 nitrogen and oxygen atoms in total. The lowest BCUT2D eigenvalue weighted by molar-refractivity contribution is 0.102. The lowest BCUT2D eigenvalue weighted by atomic mass is 10.1. The van der Waals surface area contributed by atoms with Gasteiger partial charge in [-0.15, -0.1) is 0 Å². The Hall–Kier alpha value is -3.72. The lowest BCUT2D eigenvalue weighted by Gasteiger charge is -2.09. The predicted octanol–water partition coefficient (Wildman–Crippen LogP) is 3.52. The maximum absolute atomic E-state index is 12.4. The molecule has 0 spiro atoms. The molecule has 0 aliphatic rings. The molecule has 128 valence electrons. The monoisotopic (exact) mass is 343 g/mol. The number of hydrogen-bond acceptors (Lipinski definition) is 5. The second-order valence-electron chi connectivity index (χ2n) is 5.71. The topological polar surface area (TPSA) is 90.7 Å². The van der Waals surface area contributed by atoms with E-state index in [1.165, 1.54) is 11.9 Å². The highest BCUT2D eigenvalue weighted by Crippen LogP contribution is 2.13. The molecule has 0 saturated carbocycles. The van der Waals surface area contributed by atoms with E-state index in [9.17, 15) is 4.79 Å². The van der Waals surface area contributed by atoms with Gasteiger partial charge in [0.15, 0.2) is 0 Å². The van der Waals surface area contributed by atoms with Gasteiger partial charge >= 0.3 is 0 Å². The van der Waals surface area contributed by atoms with Gasteiger partial charge in [0.25, 0.3) is 5.91 Å². The van der Waals surface area contributed by atoms with Gasteiger partial charge in [0.2, 0.25) is 0 Å². The van der Waals surface area contributed by atoms with Crippen LogP contribution in [0, 0.1) is 18.3 Å². The summed E-state index contributed by atoms with van der Waals surface area (Å²) >= 11 is 0. The number of carbonyl (C=O) groups excluding carboxylic acids is 1. The summed E-state index contributed by atoms with van der Waals surface area (Å²) in [7, 11) is 0. The molecule has 1 heterocycles. The van der Waals surface area contributed by atoms with Gasteiger partial charge in [-0.1, -0.05) is 24.3 Å². The van der Waals surface area contributed by atoms with Gasteiger partial charge in [0.1, 0.15) is 17.8 Å². The van der Waals surface area contributed by atoms with Crippen LogP contribution < -0.4 is 10.6 Å². The molecule has 1 aromatic heterocycles. The molecule has 0 aliphatic carbocycles.